The highest BCUT2D eigenvalue weighted by Gasteiger charge is 2.38. The number of likely N-dealkylation sites (N-methyl/N-ethyl adjacent to an activating group) is 1. The van der Waals surface area contributed by atoms with Crippen LogP contribution in [0.15, 0.2) is 71.1 Å². The van der Waals surface area contributed by atoms with Crippen molar-refractivity contribution in [2.45, 2.75) is 26.2 Å². The maximum absolute atomic E-state index is 12.5. The number of aromatic hydroxyl groups is 1. The van der Waals surface area contributed by atoms with Crippen LogP contribution in [0.5, 0.6) is 5.88 Å². The molecule has 146 valence electrons. The largest absolute Gasteiger partial charge is 0.494 e. The molecule has 0 saturated carbocycles. The number of aromatic nitrogens is 2. The normalized spacial score (nSPS) is 14.5. The Kier molecular flexibility index (Phi) is 4.40. The van der Waals surface area contributed by atoms with Gasteiger partial charge < -0.3 is 10.0 Å². The van der Waals surface area contributed by atoms with Crippen LogP contribution in [0.25, 0.3) is 11.8 Å². The van der Waals surface area contributed by atoms with E-state index in [-0.39, 0.29) is 16.9 Å². The number of anilines is 1. The van der Waals surface area contributed by atoms with Crippen molar-refractivity contribution in [1.29, 1.82) is 0 Å². The summed E-state index contributed by atoms with van der Waals surface area (Å²) in [6.45, 7) is 6.16. The Morgan fingerprint density at radius 3 is 2.52 bits per heavy atom. The fourth-order valence-electron chi connectivity index (χ4n) is 4.12. The number of rotatable bonds is 2. The van der Waals surface area contributed by atoms with Gasteiger partial charge in [0.2, 0.25) is 0 Å². The summed E-state index contributed by atoms with van der Waals surface area (Å²) >= 11 is 0. The molecular weight excluding hydrogens is 362 g/mol. The molecule has 29 heavy (non-hydrogen) atoms. The van der Waals surface area contributed by atoms with E-state index in [1.165, 1.54) is 5.56 Å². The molecule has 0 saturated heterocycles. The van der Waals surface area contributed by atoms with Gasteiger partial charge in [-0.15, -0.1) is 0 Å². The summed E-state index contributed by atoms with van der Waals surface area (Å²) in [7, 11) is 2.02. The summed E-state index contributed by atoms with van der Waals surface area (Å²) in [5, 5.41) is 10.4. The minimum absolute atomic E-state index is 0.156. The van der Waals surface area contributed by atoms with Crippen LogP contribution in [0.2, 0.25) is 0 Å². The third-order valence-corrected chi connectivity index (χ3v) is 5.65. The first-order chi connectivity index (χ1) is 13.8. The van der Waals surface area contributed by atoms with Gasteiger partial charge in [-0.05, 0) is 38.5 Å². The van der Waals surface area contributed by atoms with Crippen LogP contribution in [0.3, 0.4) is 0 Å². The maximum Gasteiger partial charge on any atom is 0.323 e. The van der Waals surface area contributed by atoms with Crippen molar-refractivity contribution >= 4 is 11.8 Å². The van der Waals surface area contributed by atoms with Gasteiger partial charge in [0.1, 0.15) is 0 Å². The Hall–Kier alpha value is -3.56. The molecule has 1 aliphatic rings. The minimum Gasteiger partial charge on any atom is -0.494 e. The van der Waals surface area contributed by atoms with Gasteiger partial charge in [0, 0.05) is 35.8 Å². The molecular formula is C24H24N3O2+. The lowest BCUT2D eigenvalue weighted by Gasteiger charge is -2.21. The molecule has 2 N–H and O–H groups in total. The Morgan fingerprint density at radius 1 is 1.14 bits per heavy atom. The minimum atomic E-state index is -0.341. The van der Waals surface area contributed by atoms with Crippen LogP contribution in [0.4, 0.5) is 5.69 Å². The lowest BCUT2D eigenvalue weighted by atomic mass is 9.84. The molecule has 3 aromatic rings. The smallest absolute Gasteiger partial charge is 0.323 e. The summed E-state index contributed by atoms with van der Waals surface area (Å²) in [5.74, 6) is -0.156. The molecule has 0 atom stereocenters. The average molecular weight is 386 g/mol. The molecule has 5 heteroatoms. The van der Waals surface area contributed by atoms with E-state index >= 15 is 0 Å². The van der Waals surface area contributed by atoms with E-state index in [2.05, 4.69) is 41.6 Å². The van der Waals surface area contributed by atoms with Gasteiger partial charge in [0.15, 0.2) is 18.3 Å². The zero-order valence-corrected chi connectivity index (χ0v) is 17.0. The second kappa shape index (κ2) is 6.80. The summed E-state index contributed by atoms with van der Waals surface area (Å²) in [4.78, 5) is 17.2. The number of H-pyrrole nitrogens is 1. The fraction of sp³-hybridized carbons (Fsp3) is 0.208. The molecule has 2 aromatic heterocycles. The molecule has 0 amide bonds. The van der Waals surface area contributed by atoms with Crippen molar-refractivity contribution in [2.75, 3.05) is 11.9 Å². The standard InChI is InChI=1S/C24H23N3O2/c1-16-17(22(28)25-23(29)21(16)27-14-8-5-9-15-27)12-13-20-24(2,3)18-10-6-7-11-19(18)26(20)4/h5-12,14-15H,1-4H3,(H-,25,28,29)/p+1. The molecule has 1 aromatic carbocycles. The molecule has 0 aliphatic carbocycles. The van der Waals surface area contributed by atoms with Gasteiger partial charge in [-0.1, -0.05) is 30.0 Å². The highest BCUT2D eigenvalue weighted by atomic mass is 16.3. The van der Waals surface area contributed by atoms with Crippen LogP contribution < -0.4 is 15.0 Å². The molecule has 0 radical (unpaired) electrons. The SMILES string of the molecule is Cc1c(C=C=C2N(C)c3ccccc3C2(C)C)c(O)[nH]c(=O)c1-[n+]1ccccc1. The van der Waals surface area contributed by atoms with Crippen molar-refractivity contribution in [1.82, 2.24) is 4.98 Å². The number of hydrogen-bond acceptors (Lipinski definition) is 3. The van der Waals surface area contributed by atoms with E-state index in [1.54, 1.807) is 10.6 Å². The van der Waals surface area contributed by atoms with Gasteiger partial charge in [-0.3, -0.25) is 9.78 Å². The number of pyridine rings is 2. The first kappa shape index (κ1) is 18.8. The first-order valence-corrected chi connectivity index (χ1v) is 9.55. The van der Waals surface area contributed by atoms with Gasteiger partial charge in [-0.25, -0.2) is 0 Å². The summed E-state index contributed by atoms with van der Waals surface area (Å²) in [6.07, 6.45) is 5.38. The number of fused-ring (bicyclic) bond motifs is 1. The Labute approximate surface area is 169 Å². The number of hydrogen-bond donors (Lipinski definition) is 2. The average Bonchev–Trinajstić information content (AvgIpc) is 2.89. The number of nitrogens with zero attached hydrogens (tertiary/aromatic N) is 2. The van der Waals surface area contributed by atoms with Crippen molar-refractivity contribution in [2.24, 2.45) is 0 Å². The number of para-hydroxylation sites is 1. The van der Waals surface area contributed by atoms with Crippen LogP contribution in [-0.2, 0) is 5.41 Å². The second-order valence-electron chi connectivity index (χ2n) is 7.81. The van der Waals surface area contributed by atoms with Crippen LogP contribution in [-0.4, -0.2) is 17.1 Å². The van der Waals surface area contributed by atoms with Gasteiger partial charge in [-0.2, -0.15) is 4.57 Å². The highest BCUT2D eigenvalue weighted by molar-refractivity contribution is 5.71. The maximum atomic E-state index is 12.5. The number of benzene rings is 1. The Morgan fingerprint density at radius 2 is 1.83 bits per heavy atom. The summed E-state index contributed by atoms with van der Waals surface area (Å²) < 4.78 is 1.75. The fourth-order valence-corrected chi connectivity index (χ4v) is 4.12. The summed E-state index contributed by atoms with van der Waals surface area (Å²) in [6, 6.07) is 13.9. The van der Waals surface area contributed by atoms with Gasteiger partial charge >= 0.3 is 5.56 Å². The van der Waals surface area contributed by atoms with E-state index in [0.29, 0.717) is 16.8 Å². The van der Waals surface area contributed by atoms with Crippen molar-refractivity contribution in [3.63, 3.8) is 0 Å². The second-order valence-corrected chi connectivity index (χ2v) is 7.81. The number of allylic oxidation sites excluding steroid dienone is 1. The van der Waals surface area contributed by atoms with Crippen LogP contribution in [0.1, 0.15) is 30.5 Å². The number of aromatic amines is 1. The Balaban J connectivity index is 1.90. The predicted octanol–water partition coefficient (Wildman–Crippen LogP) is 3.59. The molecule has 0 unspecified atom stereocenters. The molecule has 1 aliphatic heterocycles. The van der Waals surface area contributed by atoms with E-state index < -0.39 is 0 Å². The molecule has 0 fully saturated rings. The van der Waals surface area contributed by atoms with Gasteiger partial charge in [0.05, 0.1) is 11.3 Å². The number of nitrogens with one attached hydrogen (secondary N) is 1. The van der Waals surface area contributed by atoms with E-state index in [1.807, 2.05) is 56.7 Å². The molecule has 3 heterocycles. The molecule has 0 spiro atoms. The Bertz CT molecular complexity index is 1220. The van der Waals surface area contributed by atoms with E-state index in [9.17, 15) is 9.90 Å². The molecule has 5 nitrogen and oxygen atoms in total. The monoisotopic (exact) mass is 386 g/mol. The highest BCUT2D eigenvalue weighted by Crippen LogP contribution is 2.46. The lowest BCUT2D eigenvalue weighted by molar-refractivity contribution is -0.597. The lowest BCUT2D eigenvalue weighted by Crippen LogP contribution is -2.38. The third-order valence-electron chi connectivity index (χ3n) is 5.65. The molecule has 4 rings (SSSR count). The third kappa shape index (κ3) is 2.96. The quantitative estimate of drug-likeness (QED) is 0.523. The summed E-state index contributed by atoms with van der Waals surface area (Å²) in [5.41, 5.74) is 7.92. The van der Waals surface area contributed by atoms with E-state index in [0.717, 1.165) is 11.4 Å². The van der Waals surface area contributed by atoms with Gasteiger partial charge in [0.25, 0.3) is 5.69 Å². The predicted molar refractivity (Wildman–Crippen MR) is 114 cm³/mol. The molecule has 0 bridgehead atoms. The van der Waals surface area contributed by atoms with Crippen molar-refractivity contribution < 1.29 is 9.67 Å². The van der Waals surface area contributed by atoms with Crippen LogP contribution >= 0.6 is 0 Å². The first-order valence-electron chi connectivity index (χ1n) is 9.55. The zero-order valence-electron chi connectivity index (χ0n) is 17.0. The van der Waals surface area contributed by atoms with Crippen LogP contribution in [0, 0.1) is 6.92 Å². The van der Waals surface area contributed by atoms with Crippen molar-refractivity contribution in [3.8, 4) is 11.6 Å². The van der Waals surface area contributed by atoms with E-state index in [4.69, 9.17) is 0 Å². The topological polar surface area (TPSA) is 60.2 Å². The van der Waals surface area contributed by atoms with Crippen molar-refractivity contribution in [3.05, 3.63) is 93.3 Å². The zero-order chi connectivity index (χ0) is 20.8.